The molecule has 2 aromatic carbocycles. The Labute approximate surface area is 223 Å². The van der Waals surface area contributed by atoms with Crippen molar-refractivity contribution >= 4 is 41.1 Å². The van der Waals surface area contributed by atoms with Crippen molar-refractivity contribution in [1.29, 1.82) is 0 Å². The fraction of sp³-hybridized carbons (Fsp3) is 0.304. The van der Waals surface area contributed by atoms with Crippen molar-refractivity contribution in [3.05, 3.63) is 74.5 Å². The molecule has 0 aliphatic heterocycles. The molecule has 39 heavy (non-hydrogen) atoms. The third kappa shape index (κ3) is 9.31. The normalized spacial score (nSPS) is 14.3. The number of nitrogens with one attached hydrogen (secondary N) is 2. The predicted molar refractivity (Wildman–Crippen MR) is 121 cm³/mol. The summed E-state index contributed by atoms with van der Waals surface area (Å²) in [6, 6.07) is 3.21. The van der Waals surface area contributed by atoms with Gasteiger partial charge in [-0.3, -0.25) is 9.59 Å². The van der Waals surface area contributed by atoms with Crippen LogP contribution in [0.15, 0.2) is 36.4 Å². The van der Waals surface area contributed by atoms with Crippen LogP contribution >= 0.6 is 23.2 Å². The second-order valence-corrected chi connectivity index (χ2v) is 8.85. The van der Waals surface area contributed by atoms with Crippen LogP contribution in [0.5, 0.6) is 0 Å². The van der Waals surface area contributed by atoms with Crippen molar-refractivity contribution < 1.29 is 53.5 Å². The molecule has 0 saturated carbocycles. The molecule has 214 valence electrons. The standard InChI is InChI=1S/C23H16Cl2F10N2O2/c1-10(36-18(38)9-21(27,28)29)37-20(39)13-4-2-11(6-15(13)23(33,34)35)3-5-14(22(30,31)32)12-7-16(24)19(26)17(25)8-12/h2-8,10,14H,9H2,1H3,(H,36,38)(H,37,39)/t10-,14?/m1/s1. The summed E-state index contributed by atoms with van der Waals surface area (Å²) in [7, 11) is 0. The molecule has 0 aromatic heterocycles. The van der Waals surface area contributed by atoms with E-state index < -0.39 is 87.0 Å². The highest BCUT2D eigenvalue weighted by atomic mass is 35.5. The minimum Gasteiger partial charge on any atom is -0.336 e. The third-order valence-corrected chi connectivity index (χ3v) is 5.43. The Balaban J connectivity index is 2.36. The van der Waals surface area contributed by atoms with Crippen LogP contribution in [0.25, 0.3) is 6.08 Å². The lowest BCUT2D eigenvalue weighted by atomic mass is 9.96. The van der Waals surface area contributed by atoms with Crippen molar-refractivity contribution in [1.82, 2.24) is 10.6 Å². The molecule has 16 heteroatoms. The molecule has 0 fully saturated rings. The van der Waals surface area contributed by atoms with E-state index in [1.807, 2.05) is 5.32 Å². The van der Waals surface area contributed by atoms with Gasteiger partial charge < -0.3 is 10.6 Å². The van der Waals surface area contributed by atoms with Gasteiger partial charge in [0.2, 0.25) is 5.91 Å². The highest BCUT2D eigenvalue weighted by Gasteiger charge is 2.40. The smallest absolute Gasteiger partial charge is 0.336 e. The lowest BCUT2D eigenvalue weighted by Crippen LogP contribution is -2.47. The predicted octanol–water partition coefficient (Wildman–Crippen LogP) is 7.66. The van der Waals surface area contributed by atoms with Gasteiger partial charge in [0.1, 0.15) is 6.42 Å². The lowest BCUT2D eigenvalue weighted by Gasteiger charge is -2.19. The minimum atomic E-state index is -5.18. The average molecular weight is 613 g/mol. The number of hydrogen-bond acceptors (Lipinski definition) is 2. The molecule has 1 unspecified atom stereocenters. The van der Waals surface area contributed by atoms with E-state index in [0.29, 0.717) is 36.4 Å². The number of carbonyl (C=O) groups is 2. The summed E-state index contributed by atoms with van der Waals surface area (Å²) in [5.74, 6) is -6.59. The Hall–Kier alpha value is -3.00. The van der Waals surface area contributed by atoms with Crippen molar-refractivity contribution in [2.75, 3.05) is 0 Å². The molecule has 0 radical (unpaired) electrons. The molecule has 0 saturated heterocycles. The van der Waals surface area contributed by atoms with E-state index in [0.717, 1.165) is 13.0 Å². The molecule has 0 aliphatic carbocycles. The molecular formula is C23H16Cl2F10N2O2. The second-order valence-electron chi connectivity index (χ2n) is 8.03. The quantitative estimate of drug-likeness (QED) is 0.192. The lowest BCUT2D eigenvalue weighted by molar-refractivity contribution is -0.154. The van der Waals surface area contributed by atoms with E-state index in [2.05, 4.69) is 0 Å². The molecule has 2 rings (SSSR count). The number of halogens is 12. The first-order valence-corrected chi connectivity index (χ1v) is 11.2. The topological polar surface area (TPSA) is 58.2 Å². The van der Waals surface area contributed by atoms with Crippen molar-refractivity contribution in [3.8, 4) is 0 Å². The van der Waals surface area contributed by atoms with E-state index in [4.69, 9.17) is 23.2 Å². The summed E-state index contributed by atoms with van der Waals surface area (Å²) < 4.78 is 132. The van der Waals surface area contributed by atoms with Gasteiger partial charge in [0.25, 0.3) is 5.91 Å². The summed E-state index contributed by atoms with van der Waals surface area (Å²) in [4.78, 5) is 23.7. The van der Waals surface area contributed by atoms with Crippen LogP contribution in [0.4, 0.5) is 43.9 Å². The third-order valence-electron chi connectivity index (χ3n) is 4.88. The van der Waals surface area contributed by atoms with Gasteiger partial charge >= 0.3 is 18.5 Å². The van der Waals surface area contributed by atoms with Crippen LogP contribution in [-0.4, -0.2) is 30.3 Å². The van der Waals surface area contributed by atoms with E-state index in [-0.39, 0.29) is 0 Å². The Kier molecular flexibility index (Phi) is 9.93. The number of allylic oxidation sites excluding steroid dienone is 1. The van der Waals surface area contributed by atoms with Gasteiger partial charge in [0.15, 0.2) is 5.82 Å². The molecule has 2 atom stereocenters. The fourth-order valence-corrected chi connectivity index (χ4v) is 3.76. The van der Waals surface area contributed by atoms with Crippen molar-refractivity contribution in [3.63, 3.8) is 0 Å². The van der Waals surface area contributed by atoms with Gasteiger partial charge in [-0.25, -0.2) is 4.39 Å². The summed E-state index contributed by atoms with van der Waals surface area (Å²) >= 11 is 11.1. The Bertz CT molecular complexity index is 1230. The molecule has 2 amide bonds. The van der Waals surface area contributed by atoms with Crippen molar-refractivity contribution in [2.24, 2.45) is 0 Å². The van der Waals surface area contributed by atoms with Crippen LogP contribution in [0.1, 0.15) is 46.3 Å². The first-order valence-electron chi connectivity index (χ1n) is 10.5. The van der Waals surface area contributed by atoms with Crippen LogP contribution in [0.3, 0.4) is 0 Å². The zero-order chi connectivity index (χ0) is 29.9. The van der Waals surface area contributed by atoms with Crippen LogP contribution in [-0.2, 0) is 11.0 Å². The molecule has 0 spiro atoms. The molecule has 2 N–H and O–H groups in total. The Morgan fingerprint density at radius 2 is 1.49 bits per heavy atom. The van der Waals surface area contributed by atoms with Crippen molar-refractivity contribution in [2.45, 2.75) is 44.0 Å². The molecule has 0 bridgehead atoms. The van der Waals surface area contributed by atoms with E-state index in [9.17, 15) is 53.5 Å². The number of rotatable bonds is 7. The SMILES string of the molecule is C[C@H](NC(=O)CC(F)(F)F)NC(=O)c1ccc(C=CC(c2cc(Cl)c(F)c(Cl)c2)C(F)(F)F)cc1C(F)(F)F. The monoisotopic (exact) mass is 612 g/mol. The van der Waals surface area contributed by atoms with Gasteiger partial charge in [-0.2, -0.15) is 39.5 Å². The first kappa shape index (κ1) is 32.2. The number of amides is 2. The maximum absolute atomic E-state index is 13.7. The summed E-state index contributed by atoms with van der Waals surface area (Å²) in [5.41, 5.74) is -3.60. The molecular weight excluding hydrogens is 597 g/mol. The van der Waals surface area contributed by atoms with Crippen LogP contribution in [0.2, 0.25) is 10.0 Å². The molecule has 4 nitrogen and oxygen atoms in total. The number of alkyl halides is 9. The Morgan fingerprint density at radius 1 is 0.923 bits per heavy atom. The van der Waals surface area contributed by atoms with E-state index in [1.54, 1.807) is 5.32 Å². The highest BCUT2D eigenvalue weighted by Crippen LogP contribution is 2.40. The maximum Gasteiger partial charge on any atom is 0.417 e. The maximum atomic E-state index is 13.7. The van der Waals surface area contributed by atoms with Gasteiger partial charge in [0, 0.05) is 0 Å². The van der Waals surface area contributed by atoms with Crippen LogP contribution in [0, 0.1) is 5.82 Å². The number of benzene rings is 2. The number of carbonyl (C=O) groups excluding carboxylic acids is 2. The molecule has 0 heterocycles. The summed E-state index contributed by atoms with van der Waals surface area (Å²) in [5, 5.41) is 2.22. The fourth-order valence-electron chi connectivity index (χ4n) is 3.25. The van der Waals surface area contributed by atoms with Gasteiger partial charge in [0.05, 0.1) is 33.3 Å². The van der Waals surface area contributed by atoms with Gasteiger partial charge in [-0.05, 0) is 42.3 Å². The first-order chi connectivity index (χ1) is 17.7. The summed E-state index contributed by atoms with van der Waals surface area (Å²) in [6.07, 6.45) is -17.3. The number of hydrogen-bond donors (Lipinski definition) is 2. The van der Waals surface area contributed by atoms with Gasteiger partial charge in [-0.15, -0.1) is 0 Å². The minimum absolute atomic E-state index is 0.371. The highest BCUT2D eigenvalue weighted by molar-refractivity contribution is 6.35. The zero-order valence-corrected chi connectivity index (χ0v) is 20.8. The molecule has 2 aromatic rings. The second kappa shape index (κ2) is 12.0. The van der Waals surface area contributed by atoms with E-state index >= 15 is 0 Å². The molecule has 0 aliphatic rings. The Morgan fingerprint density at radius 3 is 1.97 bits per heavy atom. The average Bonchev–Trinajstić information content (AvgIpc) is 2.74. The van der Waals surface area contributed by atoms with E-state index in [1.165, 1.54) is 0 Å². The largest absolute Gasteiger partial charge is 0.417 e. The van der Waals surface area contributed by atoms with Crippen LogP contribution < -0.4 is 10.6 Å². The zero-order valence-electron chi connectivity index (χ0n) is 19.3. The van der Waals surface area contributed by atoms with Gasteiger partial charge in [-0.1, -0.05) is 41.4 Å². The summed E-state index contributed by atoms with van der Waals surface area (Å²) in [6.45, 7) is 1.00.